The molecule has 5 nitrogen and oxygen atoms in total. The first kappa shape index (κ1) is 12.3. The normalized spacial score (nSPS) is 33.4. The van der Waals surface area contributed by atoms with Gasteiger partial charge in [0.25, 0.3) is 0 Å². The van der Waals surface area contributed by atoms with Crippen LogP contribution in [0, 0.1) is 0 Å². The van der Waals surface area contributed by atoms with Gasteiger partial charge in [0.1, 0.15) is 11.3 Å². The molecule has 0 amide bonds. The highest BCUT2D eigenvalue weighted by Crippen LogP contribution is 2.39. The van der Waals surface area contributed by atoms with Crippen molar-refractivity contribution in [2.75, 3.05) is 7.11 Å². The van der Waals surface area contributed by atoms with Gasteiger partial charge < -0.3 is 14.6 Å². The standard InChI is InChI=1S/C12H18N2O3/c1-8-6-12(15,7-9(2)17-8)10-11(16-3)14-5-4-13-10/h4-5,8-9,15H,6-7H2,1-3H3. The Morgan fingerprint density at radius 1 is 1.29 bits per heavy atom. The first-order valence-corrected chi connectivity index (χ1v) is 5.78. The van der Waals surface area contributed by atoms with E-state index in [4.69, 9.17) is 9.47 Å². The summed E-state index contributed by atoms with van der Waals surface area (Å²) in [4.78, 5) is 8.30. The van der Waals surface area contributed by atoms with E-state index in [1.165, 1.54) is 7.11 Å². The van der Waals surface area contributed by atoms with Gasteiger partial charge in [-0.15, -0.1) is 0 Å². The van der Waals surface area contributed by atoms with Gasteiger partial charge >= 0.3 is 0 Å². The summed E-state index contributed by atoms with van der Waals surface area (Å²) in [5.41, 5.74) is -0.513. The summed E-state index contributed by atoms with van der Waals surface area (Å²) in [6.45, 7) is 3.90. The zero-order chi connectivity index (χ0) is 12.5. The lowest BCUT2D eigenvalue weighted by molar-refractivity contribution is -0.138. The Morgan fingerprint density at radius 3 is 2.47 bits per heavy atom. The molecule has 0 saturated carbocycles. The highest BCUT2D eigenvalue weighted by molar-refractivity contribution is 5.25. The van der Waals surface area contributed by atoms with Crippen LogP contribution in [0.4, 0.5) is 0 Å². The third-order valence-electron chi connectivity index (χ3n) is 3.01. The van der Waals surface area contributed by atoms with Gasteiger partial charge in [0.05, 0.1) is 19.3 Å². The molecule has 2 unspecified atom stereocenters. The van der Waals surface area contributed by atoms with Gasteiger partial charge in [-0.3, -0.25) is 4.98 Å². The van der Waals surface area contributed by atoms with Crippen LogP contribution in [0.2, 0.25) is 0 Å². The summed E-state index contributed by atoms with van der Waals surface area (Å²) in [7, 11) is 1.53. The summed E-state index contributed by atoms with van der Waals surface area (Å²) >= 11 is 0. The molecule has 1 aromatic rings. The maximum atomic E-state index is 10.7. The van der Waals surface area contributed by atoms with Crippen molar-refractivity contribution >= 4 is 0 Å². The van der Waals surface area contributed by atoms with Crippen LogP contribution in [0.25, 0.3) is 0 Å². The van der Waals surface area contributed by atoms with Gasteiger partial charge in [0, 0.05) is 25.2 Å². The predicted molar refractivity (Wildman–Crippen MR) is 61.7 cm³/mol. The molecule has 1 aliphatic rings. The Balaban J connectivity index is 2.36. The lowest BCUT2D eigenvalue weighted by Crippen LogP contribution is -2.42. The van der Waals surface area contributed by atoms with Crippen LogP contribution in [0.15, 0.2) is 12.4 Å². The maximum Gasteiger partial charge on any atom is 0.238 e. The van der Waals surface area contributed by atoms with E-state index in [1.54, 1.807) is 12.4 Å². The Hall–Kier alpha value is -1.20. The van der Waals surface area contributed by atoms with E-state index in [0.717, 1.165) is 0 Å². The fourth-order valence-corrected chi connectivity index (χ4v) is 2.51. The van der Waals surface area contributed by atoms with Crippen LogP contribution in [0.5, 0.6) is 5.88 Å². The topological polar surface area (TPSA) is 64.5 Å². The van der Waals surface area contributed by atoms with E-state index in [9.17, 15) is 5.11 Å². The van der Waals surface area contributed by atoms with Crippen molar-refractivity contribution in [3.05, 3.63) is 18.1 Å². The molecule has 0 aromatic carbocycles. The largest absolute Gasteiger partial charge is 0.480 e. The zero-order valence-corrected chi connectivity index (χ0v) is 10.4. The van der Waals surface area contributed by atoms with E-state index >= 15 is 0 Å². The molecule has 0 bridgehead atoms. The molecular formula is C12H18N2O3. The molecule has 0 radical (unpaired) electrons. The molecule has 1 fully saturated rings. The number of nitrogens with zero attached hydrogens (tertiary/aromatic N) is 2. The number of hydrogen-bond donors (Lipinski definition) is 1. The minimum Gasteiger partial charge on any atom is -0.480 e. The monoisotopic (exact) mass is 238 g/mol. The van der Waals surface area contributed by atoms with Crippen molar-refractivity contribution in [2.24, 2.45) is 0 Å². The molecule has 1 aromatic heterocycles. The second-order valence-electron chi connectivity index (χ2n) is 4.61. The van der Waals surface area contributed by atoms with E-state index in [0.29, 0.717) is 24.4 Å². The predicted octanol–water partition coefficient (Wildman–Crippen LogP) is 1.26. The van der Waals surface area contributed by atoms with E-state index in [-0.39, 0.29) is 12.2 Å². The average Bonchev–Trinajstić information content (AvgIpc) is 2.27. The summed E-state index contributed by atoms with van der Waals surface area (Å²) in [5.74, 6) is 0.385. The highest BCUT2D eigenvalue weighted by Gasteiger charge is 2.41. The Kier molecular flexibility index (Phi) is 3.31. The van der Waals surface area contributed by atoms with Crippen molar-refractivity contribution < 1.29 is 14.6 Å². The molecule has 0 aliphatic carbocycles. The molecule has 5 heteroatoms. The van der Waals surface area contributed by atoms with E-state index in [1.807, 2.05) is 13.8 Å². The van der Waals surface area contributed by atoms with E-state index in [2.05, 4.69) is 9.97 Å². The molecule has 94 valence electrons. The Labute approximate surface area is 101 Å². The van der Waals surface area contributed by atoms with Crippen LogP contribution in [-0.2, 0) is 10.3 Å². The number of ether oxygens (including phenoxy) is 2. The Morgan fingerprint density at radius 2 is 1.88 bits per heavy atom. The van der Waals surface area contributed by atoms with Crippen LogP contribution in [0.1, 0.15) is 32.4 Å². The molecule has 2 heterocycles. The molecule has 1 aliphatic heterocycles. The second-order valence-corrected chi connectivity index (χ2v) is 4.61. The third kappa shape index (κ3) is 2.40. The fraction of sp³-hybridized carbons (Fsp3) is 0.667. The number of aromatic nitrogens is 2. The molecule has 17 heavy (non-hydrogen) atoms. The molecular weight excluding hydrogens is 220 g/mol. The molecule has 0 spiro atoms. The van der Waals surface area contributed by atoms with Gasteiger partial charge in [-0.1, -0.05) is 0 Å². The minimum atomic E-state index is -1.02. The van der Waals surface area contributed by atoms with E-state index < -0.39 is 5.60 Å². The zero-order valence-electron chi connectivity index (χ0n) is 10.4. The molecule has 1 N–H and O–H groups in total. The van der Waals surface area contributed by atoms with Crippen molar-refractivity contribution in [1.82, 2.24) is 9.97 Å². The van der Waals surface area contributed by atoms with Gasteiger partial charge in [0.2, 0.25) is 5.88 Å². The SMILES string of the molecule is COc1nccnc1C1(O)CC(C)OC(C)C1. The Bertz CT molecular complexity index is 387. The number of rotatable bonds is 2. The van der Waals surface area contributed by atoms with Crippen LogP contribution >= 0.6 is 0 Å². The smallest absolute Gasteiger partial charge is 0.238 e. The van der Waals surface area contributed by atoms with Gasteiger partial charge in [-0.25, -0.2) is 4.98 Å². The van der Waals surface area contributed by atoms with Gasteiger partial charge in [-0.2, -0.15) is 0 Å². The minimum absolute atomic E-state index is 0.00420. The van der Waals surface area contributed by atoms with Crippen LogP contribution in [-0.4, -0.2) is 34.4 Å². The number of aliphatic hydroxyl groups is 1. The van der Waals surface area contributed by atoms with Crippen molar-refractivity contribution in [3.8, 4) is 5.88 Å². The fourth-order valence-electron chi connectivity index (χ4n) is 2.51. The lowest BCUT2D eigenvalue weighted by atomic mass is 9.85. The maximum absolute atomic E-state index is 10.7. The van der Waals surface area contributed by atoms with Crippen LogP contribution < -0.4 is 4.74 Å². The number of hydrogen-bond acceptors (Lipinski definition) is 5. The first-order valence-electron chi connectivity index (χ1n) is 5.78. The van der Waals surface area contributed by atoms with Crippen LogP contribution in [0.3, 0.4) is 0 Å². The van der Waals surface area contributed by atoms with Gasteiger partial charge in [0.15, 0.2) is 0 Å². The van der Waals surface area contributed by atoms with Gasteiger partial charge in [-0.05, 0) is 13.8 Å². The quantitative estimate of drug-likeness (QED) is 0.840. The highest BCUT2D eigenvalue weighted by atomic mass is 16.5. The summed E-state index contributed by atoms with van der Waals surface area (Å²) in [6, 6.07) is 0. The lowest BCUT2D eigenvalue weighted by Gasteiger charge is -2.38. The van der Waals surface area contributed by atoms with Crippen molar-refractivity contribution in [2.45, 2.75) is 44.5 Å². The summed E-state index contributed by atoms with van der Waals surface area (Å²) in [5, 5.41) is 10.7. The molecule has 2 rings (SSSR count). The molecule has 1 saturated heterocycles. The third-order valence-corrected chi connectivity index (χ3v) is 3.01. The van der Waals surface area contributed by atoms with Crippen molar-refractivity contribution in [3.63, 3.8) is 0 Å². The number of methoxy groups -OCH3 is 1. The first-order chi connectivity index (χ1) is 8.05. The summed E-state index contributed by atoms with van der Waals surface area (Å²) in [6.07, 6.45) is 4.13. The molecule has 2 atom stereocenters. The van der Waals surface area contributed by atoms with Crippen molar-refractivity contribution in [1.29, 1.82) is 0 Å². The summed E-state index contributed by atoms with van der Waals surface area (Å²) < 4.78 is 10.8. The average molecular weight is 238 g/mol. The second kappa shape index (κ2) is 4.58.